The second-order valence-electron chi connectivity index (χ2n) is 5.12. The maximum absolute atomic E-state index is 9.61. The van der Waals surface area contributed by atoms with Gasteiger partial charge in [-0.1, -0.05) is 20.8 Å². The van der Waals surface area contributed by atoms with Crippen LogP contribution in [0.1, 0.15) is 33.6 Å². The van der Waals surface area contributed by atoms with Gasteiger partial charge in [0.2, 0.25) is 0 Å². The molecule has 0 radical (unpaired) electrons. The first-order valence-corrected chi connectivity index (χ1v) is 5.91. The van der Waals surface area contributed by atoms with Crippen LogP contribution >= 0.6 is 0 Å². The van der Waals surface area contributed by atoms with Crippen molar-refractivity contribution in [3.8, 4) is 5.75 Å². The Morgan fingerprint density at radius 1 is 1.62 bits per heavy atom. The summed E-state index contributed by atoms with van der Waals surface area (Å²) >= 11 is 0. The highest BCUT2D eigenvalue weighted by Crippen LogP contribution is 2.42. The molecular weight excluding hydrogens is 204 g/mol. The molecule has 1 aliphatic rings. The van der Waals surface area contributed by atoms with Gasteiger partial charge in [0.15, 0.2) is 5.75 Å². The van der Waals surface area contributed by atoms with Crippen molar-refractivity contribution >= 4 is 0 Å². The largest absolute Gasteiger partial charge is 0.486 e. The van der Waals surface area contributed by atoms with E-state index < -0.39 is 0 Å². The molecule has 0 bridgehead atoms. The Morgan fingerprint density at radius 2 is 2.38 bits per heavy atom. The molecule has 0 aromatic carbocycles. The number of aliphatic hydroxyl groups excluding tert-OH is 1. The van der Waals surface area contributed by atoms with Crippen LogP contribution in [0.4, 0.5) is 0 Å². The minimum Gasteiger partial charge on any atom is -0.486 e. The molecule has 1 aliphatic carbocycles. The third-order valence-corrected chi connectivity index (χ3v) is 3.47. The lowest BCUT2D eigenvalue weighted by Crippen LogP contribution is -2.55. The Bertz CT molecular complexity index is 360. The van der Waals surface area contributed by atoms with Crippen LogP contribution in [0.5, 0.6) is 5.75 Å². The molecule has 1 fully saturated rings. The zero-order valence-corrected chi connectivity index (χ0v) is 10.2. The Hall–Kier alpha value is -1.03. The van der Waals surface area contributed by atoms with Crippen molar-refractivity contribution in [2.45, 2.75) is 52.4 Å². The summed E-state index contributed by atoms with van der Waals surface area (Å²) < 4.78 is 7.71. The molecule has 4 heteroatoms. The summed E-state index contributed by atoms with van der Waals surface area (Å²) in [5.41, 5.74) is -0.146. The number of hydrogen-bond donors (Lipinski definition) is 1. The van der Waals surface area contributed by atoms with E-state index in [1.54, 1.807) is 6.20 Å². The topological polar surface area (TPSA) is 47.3 Å². The standard InChI is InChI=1S/C12H20N2O2/c1-4-5-14-8-9(7-13-14)16-11-6-10(15)12(11,2)3/h7-8,10-11,15H,4-6H2,1-3H3. The minimum absolute atomic E-state index is 0.0989. The summed E-state index contributed by atoms with van der Waals surface area (Å²) in [6.45, 7) is 7.10. The molecule has 1 N–H and O–H groups in total. The van der Waals surface area contributed by atoms with Crippen molar-refractivity contribution in [2.75, 3.05) is 0 Å². The molecule has 1 heterocycles. The third kappa shape index (κ3) is 1.94. The molecule has 2 atom stereocenters. The van der Waals surface area contributed by atoms with Crippen LogP contribution in [-0.4, -0.2) is 27.1 Å². The number of ether oxygens (including phenoxy) is 1. The van der Waals surface area contributed by atoms with Gasteiger partial charge in [-0.3, -0.25) is 4.68 Å². The summed E-state index contributed by atoms with van der Waals surface area (Å²) in [4.78, 5) is 0. The first kappa shape index (κ1) is 11.5. The van der Waals surface area contributed by atoms with Crippen LogP contribution in [-0.2, 0) is 6.54 Å². The maximum Gasteiger partial charge on any atom is 0.157 e. The average Bonchev–Trinajstić information content (AvgIpc) is 2.66. The van der Waals surface area contributed by atoms with E-state index in [1.807, 2.05) is 24.7 Å². The molecular formula is C12H20N2O2. The fraction of sp³-hybridized carbons (Fsp3) is 0.750. The van der Waals surface area contributed by atoms with Crippen LogP contribution < -0.4 is 4.74 Å². The van der Waals surface area contributed by atoms with Crippen LogP contribution in [0, 0.1) is 5.41 Å². The van der Waals surface area contributed by atoms with Crippen LogP contribution in [0.25, 0.3) is 0 Å². The molecule has 0 aliphatic heterocycles. The first-order valence-electron chi connectivity index (χ1n) is 5.91. The summed E-state index contributed by atoms with van der Waals surface area (Å²) in [6, 6.07) is 0. The van der Waals surface area contributed by atoms with E-state index in [1.165, 1.54) is 0 Å². The predicted octanol–water partition coefficient (Wildman–Crippen LogP) is 1.83. The minimum atomic E-state index is -0.247. The molecule has 1 aromatic rings. The predicted molar refractivity (Wildman–Crippen MR) is 61.3 cm³/mol. The SMILES string of the molecule is CCCn1cc(OC2CC(O)C2(C)C)cn1. The molecule has 0 spiro atoms. The monoisotopic (exact) mass is 224 g/mol. The van der Waals surface area contributed by atoms with Gasteiger partial charge in [0.05, 0.1) is 18.5 Å². The lowest BCUT2D eigenvalue weighted by Gasteiger charge is -2.48. The van der Waals surface area contributed by atoms with Crippen molar-refractivity contribution in [1.82, 2.24) is 9.78 Å². The normalized spacial score (nSPS) is 27.5. The highest BCUT2D eigenvalue weighted by atomic mass is 16.5. The van der Waals surface area contributed by atoms with Crippen LogP contribution in [0.2, 0.25) is 0 Å². The van der Waals surface area contributed by atoms with Gasteiger partial charge in [-0.25, -0.2) is 0 Å². The Morgan fingerprint density at radius 3 is 2.94 bits per heavy atom. The van der Waals surface area contributed by atoms with Gasteiger partial charge in [0.1, 0.15) is 6.10 Å². The molecule has 1 aromatic heterocycles. The fourth-order valence-electron chi connectivity index (χ4n) is 1.99. The van der Waals surface area contributed by atoms with Crippen molar-refractivity contribution in [3.05, 3.63) is 12.4 Å². The van der Waals surface area contributed by atoms with Crippen molar-refractivity contribution in [3.63, 3.8) is 0 Å². The van der Waals surface area contributed by atoms with E-state index in [2.05, 4.69) is 12.0 Å². The molecule has 4 nitrogen and oxygen atoms in total. The molecule has 2 rings (SSSR count). The van der Waals surface area contributed by atoms with Crippen LogP contribution in [0.3, 0.4) is 0 Å². The van der Waals surface area contributed by atoms with E-state index in [9.17, 15) is 5.11 Å². The van der Waals surface area contributed by atoms with Gasteiger partial charge in [-0.15, -0.1) is 0 Å². The first-order chi connectivity index (χ1) is 7.54. The molecule has 2 unspecified atom stereocenters. The number of rotatable bonds is 4. The van der Waals surface area contributed by atoms with Crippen molar-refractivity contribution in [1.29, 1.82) is 0 Å². The van der Waals surface area contributed by atoms with E-state index >= 15 is 0 Å². The number of aliphatic hydroxyl groups is 1. The van der Waals surface area contributed by atoms with E-state index in [0.29, 0.717) is 6.42 Å². The zero-order chi connectivity index (χ0) is 11.8. The fourth-order valence-corrected chi connectivity index (χ4v) is 1.99. The second kappa shape index (κ2) is 4.09. The average molecular weight is 224 g/mol. The zero-order valence-electron chi connectivity index (χ0n) is 10.2. The molecule has 0 amide bonds. The number of aryl methyl sites for hydroxylation is 1. The van der Waals surface area contributed by atoms with Gasteiger partial charge in [0, 0.05) is 18.4 Å². The van der Waals surface area contributed by atoms with E-state index in [4.69, 9.17) is 4.74 Å². The molecule has 0 saturated heterocycles. The van der Waals surface area contributed by atoms with Gasteiger partial charge < -0.3 is 9.84 Å². The molecule has 16 heavy (non-hydrogen) atoms. The highest BCUT2D eigenvalue weighted by Gasteiger charge is 2.49. The Kier molecular flexibility index (Phi) is 2.93. The smallest absolute Gasteiger partial charge is 0.157 e. The third-order valence-electron chi connectivity index (χ3n) is 3.47. The van der Waals surface area contributed by atoms with Gasteiger partial charge in [-0.05, 0) is 6.42 Å². The molecule has 1 saturated carbocycles. The summed E-state index contributed by atoms with van der Waals surface area (Å²) in [6.07, 6.45) is 5.30. The van der Waals surface area contributed by atoms with Crippen molar-refractivity contribution < 1.29 is 9.84 Å². The lowest BCUT2D eigenvalue weighted by atomic mass is 9.66. The summed E-state index contributed by atoms with van der Waals surface area (Å²) in [5.74, 6) is 0.804. The quantitative estimate of drug-likeness (QED) is 0.848. The number of nitrogens with zero attached hydrogens (tertiary/aromatic N) is 2. The molecule has 90 valence electrons. The lowest BCUT2D eigenvalue weighted by molar-refractivity contribution is -0.134. The highest BCUT2D eigenvalue weighted by molar-refractivity contribution is 5.14. The number of hydrogen-bond acceptors (Lipinski definition) is 3. The van der Waals surface area contributed by atoms with Gasteiger partial charge in [0.25, 0.3) is 0 Å². The second-order valence-corrected chi connectivity index (χ2v) is 5.12. The Balaban J connectivity index is 1.94. The van der Waals surface area contributed by atoms with E-state index in [-0.39, 0.29) is 17.6 Å². The summed E-state index contributed by atoms with van der Waals surface area (Å²) in [5, 5.41) is 13.8. The van der Waals surface area contributed by atoms with Gasteiger partial charge in [-0.2, -0.15) is 5.10 Å². The van der Waals surface area contributed by atoms with Crippen LogP contribution in [0.15, 0.2) is 12.4 Å². The van der Waals surface area contributed by atoms with Crippen molar-refractivity contribution in [2.24, 2.45) is 5.41 Å². The number of aromatic nitrogens is 2. The Labute approximate surface area is 96.2 Å². The summed E-state index contributed by atoms with van der Waals surface area (Å²) in [7, 11) is 0. The maximum atomic E-state index is 9.61. The van der Waals surface area contributed by atoms with E-state index in [0.717, 1.165) is 18.7 Å². The van der Waals surface area contributed by atoms with Gasteiger partial charge >= 0.3 is 0 Å².